The van der Waals surface area contributed by atoms with E-state index in [-0.39, 0.29) is 11.7 Å². The third-order valence-electron chi connectivity index (χ3n) is 5.05. The number of benzene rings is 1. The monoisotopic (exact) mass is 392 g/mol. The number of piperazine rings is 1. The van der Waals surface area contributed by atoms with E-state index in [4.69, 9.17) is 4.74 Å². The molecule has 0 bridgehead atoms. The first kappa shape index (κ1) is 17.5. The zero-order valence-electron chi connectivity index (χ0n) is 15.6. The topological polar surface area (TPSA) is 84.7 Å². The number of aromatic nitrogens is 4. The molecule has 29 heavy (non-hydrogen) atoms. The minimum atomic E-state index is -0.465. The number of nitrogens with one attached hydrogen (secondary N) is 1. The summed E-state index contributed by atoms with van der Waals surface area (Å²) in [4.78, 5) is 22.7. The summed E-state index contributed by atoms with van der Waals surface area (Å²) in [5, 5.41) is 8.21. The van der Waals surface area contributed by atoms with Gasteiger partial charge in [-0.15, -0.1) is 0 Å². The number of fused-ring (bicyclic) bond motifs is 2. The SMILES string of the molecule is COc1cc2c(-c3cnn4cc(N5CCNCC5=O)cnc34)ccnc2cc1F. The average Bonchev–Trinajstić information content (AvgIpc) is 3.16. The molecule has 146 valence electrons. The van der Waals surface area contributed by atoms with Crippen molar-refractivity contribution in [2.24, 2.45) is 0 Å². The minimum absolute atomic E-state index is 0.000899. The van der Waals surface area contributed by atoms with Gasteiger partial charge < -0.3 is 15.0 Å². The van der Waals surface area contributed by atoms with E-state index in [1.807, 2.05) is 6.07 Å². The number of hydrogen-bond donors (Lipinski definition) is 1. The van der Waals surface area contributed by atoms with Gasteiger partial charge in [0.05, 0.1) is 43.4 Å². The lowest BCUT2D eigenvalue weighted by Crippen LogP contribution is -2.48. The number of methoxy groups -OCH3 is 1. The van der Waals surface area contributed by atoms with Crippen molar-refractivity contribution in [3.05, 3.63) is 48.8 Å². The molecular weight excluding hydrogens is 375 g/mol. The van der Waals surface area contributed by atoms with Gasteiger partial charge in [0.2, 0.25) is 5.91 Å². The van der Waals surface area contributed by atoms with Crippen molar-refractivity contribution in [1.82, 2.24) is 24.9 Å². The van der Waals surface area contributed by atoms with Gasteiger partial charge in [0, 0.05) is 36.3 Å². The molecule has 0 saturated carbocycles. The number of pyridine rings is 1. The molecule has 0 atom stereocenters. The fourth-order valence-corrected chi connectivity index (χ4v) is 3.61. The van der Waals surface area contributed by atoms with Crippen molar-refractivity contribution in [3.63, 3.8) is 0 Å². The summed E-state index contributed by atoms with van der Waals surface area (Å²) < 4.78 is 20.8. The number of rotatable bonds is 3. The van der Waals surface area contributed by atoms with Gasteiger partial charge in [0.25, 0.3) is 0 Å². The molecule has 1 saturated heterocycles. The van der Waals surface area contributed by atoms with E-state index in [0.29, 0.717) is 29.9 Å². The van der Waals surface area contributed by atoms with Gasteiger partial charge >= 0.3 is 0 Å². The Hall–Kier alpha value is -3.59. The molecule has 0 unspecified atom stereocenters. The number of anilines is 1. The minimum Gasteiger partial charge on any atom is -0.494 e. The Morgan fingerprint density at radius 2 is 2.10 bits per heavy atom. The number of carbonyl (C=O) groups excluding carboxylic acids is 1. The second-order valence-electron chi connectivity index (χ2n) is 6.72. The van der Waals surface area contributed by atoms with Crippen LogP contribution in [0.15, 0.2) is 43.0 Å². The van der Waals surface area contributed by atoms with Crippen molar-refractivity contribution in [2.75, 3.05) is 31.6 Å². The van der Waals surface area contributed by atoms with Gasteiger partial charge in [0.1, 0.15) is 0 Å². The van der Waals surface area contributed by atoms with Crippen molar-refractivity contribution < 1.29 is 13.9 Å². The summed E-state index contributed by atoms with van der Waals surface area (Å²) in [6.07, 6.45) is 6.79. The van der Waals surface area contributed by atoms with E-state index < -0.39 is 5.82 Å². The highest BCUT2D eigenvalue weighted by Gasteiger charge is 2.21. The molecule has 4 aromatic rings. The summed E-state index contributed by atoms with van der Waals surface area (Å²) in [5.74, 6) is -0.317. The molecular formula is C20H17FN6O2. The lowest BCUT2D eigenvalue weighted by Gasteiger charge is -2.26. The molecule has 1 aliphatic heterocycles. The van der Waals surface area contributed by atoms with Crippen LogP contribution in [0.25, 0.3) is 27.7 Å². The van der Waals surface area contributed by atoms with Crippen LogP contribution in [-0.2, 0) is 4.79 Å². The highest BCUT2D eigenvalue weighted by molar-refractivity contribution is 5.99. The van der Waals surface area contributed by atoms with Crippen LogP contribution in [0, 0.1) is 5.82 Å². The predicted octanol–water partition coefficient (Wildman–Crippen LogP) is 2.03. The number of amides is 1. The Bertz CT molecular complexity index is 1250. The van der Waals surface area contributed by atoms with Crippen LogP contribution < -0.4 is 15.0 Å². The molecule has 8 nitrogen and oxygen atoms in total. The smallest absolute Gasteiger partial charge is 0.241 e. The van der Waals surface area contributed by atoms with Gasteiger partial charge in [-0.05, 0) is 17.7 Å². The number of hydrogen-bond acceptors (Lipinski definition) is 6. The van der Waals surface area contributed by atoms with Crippen LogP contribution >= 0.6 is 0 Å². The number of nitrogens with zero attached hydrogens (tertiary/aromatic N) is 5. The quantitative estimate of drug-likeness (QED) is 0.574. The predicted molar refractivity (Wildman–Crippen MR) is 105 cm³/mol. The number of carbonyl (C=O) groups is 1. The van der Waals surface area contributed by atoms with Crippen LogP contribution in [0.4, 0.5) is 10.1 Å². The van der Waals surface area contributed by atoms with Gasteiger partial charge in [0.15, 0.2) is 17.2 Å². The Kier molecular flexibility index (Phi) is 4.09. The normalized spacial score (nSPS) is 14.7. The van der Waals surface area contributed by atoms with Crippen LogP contribution in [0.3, 0.4) is 0 Å². The number of halogens is 1. The molecule has 1 N–H and O–H groups in total. The summed E-state index contributed by atoms with van der Waals surface area (Å²) in [6.45, 7) is 1.62. The molecule has 3 aromatic heterocycles. The maximum atomic E-state index is 14.1. The first-order chi connectivity index (χ1) is 14.2. The van der Waals surface area contributed by atoms with Crippen LogP contribution in [0.5, 0.6) is 5.75 Å². The fraction of sp³-hybridized carbons (Fsp3) is 0.200. The Morgan fingerprint density at radius 3 is 2.93 bits per heavy atom. The van der Waals surface area contributed by atoms with E-state index in [9.17, 15) is 9.18 Å². The first-order valence-corrected chi connectivity index (χ1v) is 9.13. The van der Waals surface area contributed by atoms with Crippen LogP contribution in [0.2, 0.25) is 0 Å². The zero-order chi connectivity index (χ0) is 20.0. The van der Waals surface area contributed by atoms with E-state index in [0.717, 1.165) is 23.1 Å². The fourth-order valence-electron chi connectivity index (χ4n) is 3.61. The molecule has 0 radical (unpaired) electrons. The third-order valence-corrected chi connectivity index (χ3v) is 5.05. The molecule has 4 heterocycles. The summed E-state index contributed by atoms with van der Waals surface area (Å²) in [6, 6.07) is 4.82. The second kappa shape index (κ2) is 6.78. The molecule has 1 amide bonds. The lowest BCUT2D eigenvalue weighted by molar-refractivity contribution is -0.118. The Balaban J connectivity index is 1.63. The molecule has 1 aromatic carbocycles. The van der Waals surface area contributed by atoms with Crippen molar-refractivity contribution in [1.29, 1.82) is 0 Å². The van der Waals surface area contributed by atoms with E-state index in [1.165, 1.54) is 13.2 Å². The lowest BCUT2D eigenvalue weighted by atomic mass is 10.0. The highest BCUT2D eigenvalue weighted by atomic mass is 19.1. The van der Waals surface area contributed by atoms with Crippen molar-refractivity contribution in [2.45, 2.75) is 0 Å². The van der Waals surface area contributed by atoms with Gasteiger partial charge in [-0.3, -0.25) is 9.78 Å². The summed E-state index contributed by atoms with van der Waals surface area (Å²) in [7, 11) is 1.43. The van der Waals surface area contributed by atoms with Crippen molar-refractivity contribution >= 4 is 28.1 Å². The van der Waals surface area contributed by atoms with E-state index in [1.54, 1.807) is 40.3 Å². The largest absolute Gasteiger partial charge is 0.494 e. The van der Waals surface area contributed by atoms with Crippen molar-refractivity contribution in [3.8, 4) is 16.9 Å². The molecule has 0 aliphatic carbocycles. The van der Waals surface area contributed by atoms with Gasteiger partial charge in [-0.25, -0.2) is 13.9 Å². The summed E-state index contributed by atoms with van der Waals surface area (Å²) >= 11 is 0. The van der Waals surface area contributed by atoms with E-state index in [2.05, 4.69) is 20.4 Å². The molecule has 0 spiro atoms. The van der Waals surface area contributed by atoms with E-state index >= 15 is 0 Å². The van der Waals surface area contributed by atoms with Gasteiger partial charge in [-0.2, -0.15) is 5.10 Å². The van der Waals surface area contributed by atoms with Crippen LogP contribution in [-0.4, -0.2) is 52.2 Å². The third kappa shape index (κ3) is 2.87. The average molecular weight is 392 g/mol. The zero-order valence-corrected chi connectivity index (χ0v) is 15.6. The molecule has 1 aliphatic rings. The maximum Gasteiger partial charge on any atom is 0.241 e. The second-order valence-corrected chi connectivity index (χ2v) is 6.72. The molecule has 9 heteroatoms. The highest BCUT2D eigenvalue weighted by Crippen LogP contribution is 2.33. The molecule has 5 rings (SSSR count). The summed E-state index contributed by atoms with van der Waals surface area (Å²) in [5.41, 5.74) is 3.45. The Morgan fingerprint density at radius 1 is 1.21 bits per heavy atom. The Labute approximate surface area is 164 Å². The van der Waals surface area contributed by atoms with Crippen LogP contribution in [0.1, 0.15) is 0 Å². The standard InChI is InChI=1S/C20H17FN6O2/c1-29-18-6-14-13(2-3-23-17(14)7-16(18)21)15-9-25-27-11-12(8-24-20(15)27)26-5-4-22-10-19(26)28/h2-3,6-9,11,22H,4-5,10H2,1H3. The molecule has 1 fully saturated rings. The first-order valence-electron chi connectivity index (χ1n) is 9.13. The number of ether oxygens (including phenoxy) is 1. The van der Waals surface area contributed by atoms with Gasteiger partial charge in [-0.1, -0.05) is 0 Å². The maximum absolute atomic E-state index is 14.1.